The minimum atomic E-state index is -0.365. The lowest BCUT2D eigenvalue weighted by atomic mass is 9.46. The van der Waals surface area contributed by atoms with Gasteiger partial charge in [0.1, 0.15) is 6.61 Å². The van der Waals surface area contributed by atoms with Crippen LogP contribution in [0.4, 0.5) is 0 Å². The smallest absolute Gasteiger partial charge is 0.162 e. The summed E-state index contributed by atoms with van der Waals surface area (Å²) in [6.07, 6.45) is 11.3. The van der Waals surface area contributed by atoms with Crippen LogP contribution >= 0.6 is 0 Å². The standard InChI is InChI=1S/C25H36O3/c1-15(2)28-14-22(27)20-9-8-19-18-7-6-17-12-16(3)10-11-24(17,4)23(18)21(26)13-25(19,20)5/h10-12,15,18-21,23,26H,3,6-9,13-14H2,1-2,4-5H3. The Bertz CT molecular complexity index is 732. The number of allylic oxidation sites excluding steroid dienone is 5. The summed E-state index contributed by atoms with van der Waals surface area (Å²) in [5.74, 6) is 1.51. The predicted octanol–water partition coefficient (Wildman–Crippen LogP) is 4.86. The van der Waals surface area contributed by atoms with Crippen LogP contribution in [-0.2, 0) is 9.53 Å². The average molecular weight is 385 g/mol. The Hall–Kier alpha value is -1.19. The lowest BCUT2D eigenvalue weighted by Gasteiger charge is -2.58. The van der Waals surface area contributed by atoms with Crippen LogP contribution in [0.25, 0.3) is 0 Å². The number of carbonyl (C=O) groups excluding carboxylic acids is 1. The maximum Gasteiger partial charge on any atom is 0.162 e. The van der Waals surface area contributed by atoms with E-state index in [1.54, 1.807) is 0 Å². The molecule has 4 rings (SSSR count). The van der Waals surface area contributed by atoms with Crippen LogP contribution in [-0.4, -0.2) is 29.7 Å². The second kappa shape index (κ2) is 6.95. The number of hydrogen-bond acceptors (Lipinski definition) is 3. The Morgan fingerprint density at radius 2 is 2.07 bits per heavy atom. The molecule has 0 aliphatic heterocycles. The van der Waals surface area contributed by atoms with Gasteiger partial charge in [0.05, 0.1) is 12.2 Å². The van der Waals surface area contributed by atoms with Gasteiger partial charge < -0.3 is 9.84 Å². The second-order valence-corrected chi connectivity index (χ2v) is 10.4. The fourth-order valence-corrected chi connectivity index (χ4v) is 7.28. The molecule has 0 aromatic rings. The molecule has 4 aliphatic carbocycles. The topological polar surface area (TPSA) is 46.5 Å². The maximum absolute atomic E-state index is 13.0. The molecule has 3 nitrogen and oxygen atoms in total. The molecule has 0 saturated heterocycles. The molecule has 3 heteroatoms. The first-order chi connectivity index (χ1) is 13.2. The van der Waals surface area contributed by atoms with Gasteiger partial charge in [-0.05, 0) is 68.8 Å². The van der Waals surface area contributed by atoms with Crippen molar-refractivity contribution >= 4 is 5.78 Å². The van der Waals surface area contributed by atoms with Crippen LogP contribution in [0.1, 0.15) is 59.8 Å². The fraction of sp³-hybridized carbons (Fsp3) is 0.720. The van der Waals surface area contributed by atoms with Gasteiger partial charge in [0.25, 0.3) is 0 Å². The normalized spacial score (nSPS) is 44.7. The van der Waals surface area contributed by atoms with E-state index < -0.39 is 0 Å². The van der Waals surface area contributed by atoms with Crippen molar-refractivity contribution in [3.8, 4) is 0 Å². The molecule has 0 aromatic carbocycles. The summed E-state index contributed by atoms with van der Waals surface area (Å²) in [4.78, 5) is 13.0. The number of hydrogen-bond donors (Lipinski definition) is 1. The van der Waals surface area contributed by atoms with Gasteiger partial charge in [-0.15, -0.1) is 0 Å². The molecule has 7 atom stereocenters. The molecule has 7 unspecified atom stereocenters. The van der Waals surface area contributed by atoms with Crippen molar-refractivity contribution in [3.63, 3.8) is 0 Å². The molecular formula is C25H36O3. The van der Waals surface area contributed by atoms with Gasteiger partial charge in [0, 0.05) is 17.3 Å². The van der Waals surface area contributed by atoms with Crippen molar-refractivity contribution in [2.75, 3.05) is 6.61 Å². The Labute approximate surface area is 169 Å². The van der Waals surface area contributed by atoms with E-state index in [1.165, 1.54) is 5.57 Å². The van der Waals surface area contributed by atoms with Crippen LogP contribution in [0, 0.1) is 34.5 Å². The van der Waals surface area contributed by atoms with E-state index in [0.717, 1.165) is 37.7 Å². The number of aliphatic hydroxyl groups is 1. The Morgan fingerprint density at radius 3 is 2.79 bits per heavy atom. The highest BCUT2D eigenvalue weighted by Crippen LogP contribution is 2.66. The molecule has 3 saturated carbocycles. The Morgan fingerprint density at radius 1 is 1.32 bits per heavy atom. The SMILES string of the molecule is C=C1C=CC2(C)C(=C1)CCC1C2C(O)CC2(C)C(C(=O)COC(C)C)CCC12. The molecule has 154 valence electrons. The summed E-state index contributed by atoms with van der Waals surface area (Å²) < 4.78 is 5.63. The summed E-state index contributed by atoms with van der Waals surface area (Å²) in [6, 6.07) is 0. The fourth-order valence-electron chi connectivity index (χ4n) is 7.28. The minimum absolute atomic E-state index is 0.0262. The molecule has 0 amide bonds. The highest BCUT2D eigenvalue weighted by Gasteiger charge is 2.62. The quantitative estimate of drug-likeness (QED) is 0.753. The van der Waals surface area contributed by atoms with Crippen LogP contribution in [0.5, 0.6) is 0 Å². The van der Waals surface area contributed by atoms with Gasteiger partial charge in [-0.25, -0.2) is 0 Å². The first-order valence-corrected chi connectivity index (χ1v) is 11.1. The molecule has 0 spiro atoms. The van der Waals surface area contributed by atoms with E-state index in [1.807, 2.05) is 13.8 Å². The third kappa shape index (κ3) is 2.97. The molecule has 1 N–H and O–H groups in total. The van der Waals surface area contributed by atoms with Gasteiger partial charge in [-0.3, -0.25) is 4.79 Å². The summed E-state index contributed by atoms with van der Waals surface area (Å²) in [6.45, 7) is 12.8. The van der Waals surface area contributed by atoms with Gasteiger partial charge in [-0.2, -0.15) is 0 Å². The average Bonchev–Trinajstić information content (AvgIpc) is 2.96. The number of ketones is 1. The van der Waals surface area contributed by atoms with Crippen molar-refractivity contribution in [1.82, 2.24) is 0 Å². The van der Waals surface area contributed by atoms with Crippen molar-refractivity contribution in [2.24, 2.45) is 34.5 Å². The molecule has 28 heavy (non-hydrogen) atoms. The largest absolute Gasteiger partial charge is 0.393 e. The minimum Gasteiger partial charge on any atom is -0.393 e. The predicted molar refractivity (Wildman–Crippen MR) is 112 cm³/mol. The van der Waals surface area contributed by atoms with E-state index >= 15 is 0 Å². The van der Waals surface area contributed by atoms with Gasteiger partial charge in [-0.1, -0.05) is 44.2 Å². The van der Waals surface area contributed by atoms with E-state index in [4.69, 9.17) is 4.74 Å². The van der Waals surface area contributed by atoms with Crippen molar-refractivity contribution < 1.29 is 14.6 Å². The first-order valence-electron chi connectivity index (χ1n) is 11.1. The zero-order valence-corrected chi connectivity index (χ0v) is 17.9. The molecule has 0 heterocycles. The number of fused-ring (bicyclic) bond motifs is 5. The third-order valence-electron chi connectivity index (χ3n) is 8.53. The monoisotopic (exact) mass is 384 g/mol. The van der Waals surface area contributed by atoms with Crippen LogP contribution in [0.15, 0.2) is 36.0 Å². The summed E-state index contributed by atoms with van der Waals surface area (Å²) in [5, 5.41) is 11.4. The highest BCUT2D eigenvalue weighted by atomic mass is 16.5. The number of rotatable bonds is 4. The lowest BCUT2D eigenvalue weighted by molar-refractivity contribution is -0.143. The Kier molecular flexibility index (Phi) is 4.99. The van der Waals surface area contributed by atoms with E-state index in [0.29, 0.717) is 11.8 Å². The Balaban J connectivity index is 1.61. The highest BCUT2D eigenvalue weighted by molar-refractivity contribution is 5.83. The number of carbonyl (C=O) groups is 1. The van der Waals surface area contributed by atoms with Crippen LogP contribution in [0.2, 0.25) is 0 Å². The van der Waals surface area contributed by atoms with Gasteiger partial charge in [0.15, 0.2) is 5.78 Å². The molecular weight excluding hydrogens is 348 g/mol. The molecule has 0 aromatic heterocycles. The van der Waals surface area contributed by atoms with Crippen LogP contribution < -0.4 is 0 Å². The zero-order chi connectivity index (χ0) is 20.3. The molecule has 0 bridgehead atoms. The summed E-state index contributed by atoms with van der Waals surface area (Å²) in [7, 11) is 0. The third-order valence-corrected chi connectivity index (χ3v) is 8.53. The van der Waals surface area contributed by atoms with Gasteiger partial charge >= 0.3 is 0 Å². The van der Waals surface area contributed by atoms with E-state index in [9.17, 15) is 9.90 Å². The zero-order valence-electron chi connectivity index (χ0n) is 17.9. The molecule has 4 aliphatic rings. The van der Waals surface area contributed by atoms with E-state index in [2.05, 4.69) is 38.7 Å². The van der Waals surface area contributed by atoms with E-state index in [-0.39, 0.29) is 47.3 Å². The molecule has 3 fully saturated rings. The lowest BCUT2D eigenvalue weighted by Crippen LogP contribution is -2.56. The van der Waals surface area contributed by atoms with Crippen molar-refractivity contribution in [1.29, 1.82) is 0 Å². The number of ether oxygens (including phenoxy) is 1. The van der Waals surface area contributed by atoms with Crippen LogP contribution in [0.3, 0.4) is 0 Å². The summed E-state index contributed by atoms with van der Waals surface area (Å²) >= 11 is 0. The first kappa shape index (κ1) is 20.1. The van der Waals surface area contributed by atoms with Crippen molar-refractivity contribution in [3.05, 3.63) is 36.0 Å². The van der Waals surface area contributed by atoms with Crippen molar-refractivity contribution in [2.45, 2.75) is 72.0 Å². The number of Topliss-reactive ketones (excluding diaryl/α,β-unsaturated/α-hetero) is 1. The van der Waals surface area contributed by atoms with Gasteiger partial charge in [0.2, 0.25) is 0 Å². The molecule has 0 radical (unpaired) electrons. The second-order valence-electron chi connectivity index (χ2n) is 10.4. The maximum atomic E-state index is 13.0. The summed E-state index contributed by atoms with van der Waals surface area (Å²) in [5.41, 5.74) is 2.32. The number of aliphatic hydroxyl groups excluding tert-OH is 1.